The van der Waals surface area contributed by atoms with Gasteiger partial charge >= 0.3 is 0 Å². The number of hydrogen-bond acceptors (Lipinski definition) is 4. The summed E-state index contributed by atoms with van der Waals surface area (Å²) < 4.78 is 12.4. The van der Waals surface area contributed by atoms with Gasteiger partial charge in [-0.05, 0) is 55.3 Å². The molecule has 4 nitrogen and oxygen atoms in total. The molecule has 0 saturated carbocycles. The van der Waals surface area contributed by atoms with E-state index in [1.54, 1.807) is 7.11 Å². The average Bonchev–Trinajstić information content (AvgIpc) is 2.93. The van der Waals surface area contributed by atoms with Gasteiger partial charge in [-0.2, -0.15) is 0 Å². The number of ether oxygens (including phenoxy) is 2. The summed E-state index contributed by atoms with van der Waals surface area (Å²) in [6.45, 7) is 6.80. The van der Waals surface area contributed by atoms with Gasteiger partial charge in [-0.3, -0.25) is 4.90 Å². The van der Waals surface area contributed by atoms with Crippen molar-refractivity contribution in [1.29, 1.82) is 0 Å². The third-order valence-corrected chi connectivity index (χ3v) is 5.20. The first kappa shape index (κ1) is 19.2. The van der Waals surface area contributed by atoms with Crippen LogP contribution in [0.5, 0.6) is 11.5 Å². The second-order valence-electron chi connectivity index (χ2n) is 6.44. The first-order valence-electron chi connectivity index (χ1n) is 9.24. The molecule has 0 amide bonds. The second-order valence-corrected chi connectivity index (χ2v) is 7.36. The number of hydrogen-bond donors (Lipinski definition) is 1. The van der Waals surface area contributed by atoms with Crippen LogP contribution < -0.4 is 14.8 Å². The Morgan fingerprint density at radius 2 is 1.92 bits per heavy atom. The molecule has 1 N–H and O–H groups in total. The Morgan fingerprint density at radius 3 is 2.69 bits per heavy atom. The van der Waals surface area contributed by atoms with Crippen molar-refractivity contribution in [3.05, 3.63) is 58.1 Å². The highest BCUT2D eigenvalue weighted by atomic mass is 79.9. The van der Waals surface area contributed by atoms with Gasteiger partial charge in [0.2, 0.25) is 0 Å². The summed E-state index contributed by atoms with van der Waals surface area (Å²) in [7, 11) is 1.70. The van der Waals surface area contributed by atoms with E-state index in [0.29, 0.717) is 6.61 Å². The van der Waals surface area contributed by atoms with Gasteiger partial charge in [0.05, 0.1) is 19.8 Å². The van der Waals surface area contributed by atoms with Crippen molar-refractivity contribution in [3.63, 3.8) is 0 Å². The Balaban J connectivity index is 2.02. The molecule has 5 heteroatoms. The molecule has 1 atom stereocenters. The third-order valence-electron chi connectivity index (χ3n) is 4.71. The average molecular weight is 419 g/mol. The first-order valence-corrected chi connectivity index (χ1v) is 10.0. The third kappa shape index (κ3) is 4.58. The Kier molecular flexibility index (Phi) is 6.94. The lowest BCUT2D eigenvalue weighted by atomic mass is 9.96. The summed E-state index contributed by atoms with van der Waals surface area (Å²) in [5.74, 6) is 1.58. The molecule has 1 aliphatic heterocycles. The summed E-state index contributed by atoms with van der Waals surface area (Å²) in [4.78, 5) is 2.55. The topological polar surface area (TPSA) is 33.7 Å². The highest BCUT2D eigenvalue weighted by Gasteiger charge is 2.24. The Hall–Kier alpha value is -1.56. The van der Waals surface area contributed by atoms with Crippen molar-refractivity contribution in [2.45, 2.75) is 19.4 Å². The number of halogens is 1. The van der Waals surface area contributed by atoms with Crippen molar-refractivity contribution in [3.8, 4) is 11.5 Å². The lowest BCUT2D eigenvalue weighted by molar-refractivity contribution is 0.240. The van der Waals surface area contributed by atoms with E-state index in [1.807, 2.05) is 13.0 Å². The highest BCUT2D eigenvalue weighted by Crippen LogP contribution is 2.36. The molecule has 2 aromatic carbocycles. The van der Waals surface area contributed by atoms with Crippen LogP contribution in [0.15, 0.2) is 46.9 Å². The van der Waals surface area contributed by atoms with E-state index in [1.165, 1.54) is 11.1 Å². The Morgan fingerprint density at radius 1 is 1.08 bits per heavy atom. The summed E-state index contributed by atoms with van der Waals surface area (Å²) in [6.07, 6.45) is 1.15. The van der Waals surface area contributed by atoms with Crippen LogP contribution in [0.3, 0.4) is 0 Å². The van der Waals surface area contributed by atoms with Crippen molar-refractivity contribution >= 4 is 15.9 Å². The zero-order valence-corrected chi connectivity index (χ0v) is 17.1. The summed E-state index contributed by atoms with van der Waals surface area (Å²) in [6, 6.07) is 15.1. The highest BCUT2D eigenvalue weighted by molar-refractivity contribution is 9.10. The predicted molar refractivity (Wildman–Crippen MR) is 109 cm³/mol. The SMILES string of the molecule is CCOc1ccc(C(c2cccc(Br)c2)N2CCCNCC2)cc1OC. The van der Waals surface area contributed by atoms with Crippen LogP contribution in [0, 0.1) is 0 Å². The fourth-order valence-electron chi connectivity index (χ4n) is 3.54. The molecule has 0 aliphatic carbocycles. The number of nitrogens with zero attached hydrogens (tertiary/aromatic N) is 1. The van der Waals surface area contributed by atoms with Crippen LogP contribution >= 0.6 is 15.9 Å². The minimum absolute atomic E-state index is 0.192. The molecule has 1 saturated heterocycles. The molecule has 0 spiro atoms. The van der Waals surface area contributed by atoms with E-state index in [0.717, 1.165) is 48.6 Å². The summed E-state index contributed by atoms with van der Waals surface area (Å²) in [5, 5.41) is 3.50. The van der Waals surface area contributed by atoms with Gasteiger partial charge in [-0.15, -0.1) is 0 Å². The van der Waals surface area contributed by atoms with E-state index in [9.17, 15) is 0 Å². The molecule has 2 aromatic rings. The molecule has 0 aromatic heterocycles. The van der Waals surface area contributed by atoms with Crippen LogP contribution in [0.2, 0.25) is 0 Å². The van der Waals surface area contributed by atoms with Gasteiger partial charge in [0.1, 0.15) is 0 Å². The monoisotopic (exact) mass is 418 g/mol. The maximum Gasteiger partial charge on any atom is 0.161 e. The minimum Gasteiger partial charge on any atom is -0.493 e. The van der Waals surface area contributed by atoms with E-state index in [-0.39, 0.29) is 6.04 Å². The Bertz CT molecular complexity index is 715. The van der Waals surface area contributed by atoms with Crippen LogP contribution in [0.25, 0.3) is 0 Å². The molecule has 26 heavy (non-hydrogen) atoms. The standard InChI is InChI=1S/C21H27BrN2O2/c1-3-26-19-9-8-17(15-20(19)25-2)21(16-6-4-7-18(22)14-16)24-12-5-10-23-11-13-24/h4,6-9,14-15,21,23H,3,5,10-13H2,1-2H3. The van der Waals surface area contributed by atoms with Crippen molar-refractivity contribution in [2.24, 2.45) is 0 Å². The lowest BCUT2D eigenvalue weighted by Crippen LogP contribution is -2.33. The number of methoxy groups -OCH3 is 1. The van der Waals surface area contributed by atoms with Crippen molar-refractivity contribution in [2.75, 3.05) is 39.9 Å². The molecule has 0 radical (unpaired) electrons. The van der Waals surface area contributed by atoms with Gasteiger partial charge < -0.3 is 14.8 Å². The molecule has 0 bridgehead atoms. The fourth-order valence-corrected chi connectivity index (χ4v) is 3.96. The molecular weight excluding hydrogens is 392 g/mol. The zero-order valence-electron chi connectivity index (χ0n) is 15.5. The summed E-state index contributed by atoms with van der Waals surface area (Å²) in [5.41, 5.74) is 2.51. The molecule has 140 valence electrons. The van der Waals surface area contributed by atoms with Crippen LogP contribution in [0.1, 0.15) is 30.5 Å². The molecule has 1 heterocycles. The van der Waals surface area contributed by atoms with E-state index in [4.69, 9.17) is 9.47 Å². The van der Waals surface area contributed by atoms with Crippen molar-refractivity contribution < 1.29 is 9.47 Å². The molecule has 3 rings (SSSR count). The number of benzene rings is 2. The van der Waals surface area contributed by atoms with Gasteiger partial charge in [0.25, 0.3) is 0 Å². The zero-order chi connectivity index (χ0) is 18.4. The normalized spacial score (nSPS) is 16.7. The predicted octanol–water partition coefficient (Wildman–Crippen LogP) is 4.24. The van der Waals surface area contributed by atoms with Crippen molar-refractivity contribution in [1.82, 2.24) is 10.2 Å². The summed E-state index contributed by atoms with van der Waals surface area (Å²) >= 11 is 3.63. The second kappa shape index (κ2) is 9.40. The first-order chi connectivity index (χ1) is 12.7. The maximum absolute atomic E-state index is 5.70. The van der Waals surface area contributed by atoms with Gasteiger partial charge in [-0.1, -0.05) is 34.1 Å². The molecule has 1 unspecified atom stereocenters. The van der Waals surface area contributed by atoms with Crippen LogP contribution in [0.4, 0.5) is 0 Å². The maximum atomic E-state index is 5.70. The number of rotatable bonds is 6. The Labute approximate surface area is 164 Å². The van der Waals surface area contributed by atoms with E-state index in [2.05, 4.69) is 62.5 Å². The quantitative estimate of drug-likeness (QED) is 0.760. The van der Waals surface area contributed by atoms with Crippen LogP contribution in [-0.4, -0.2) is 44.8 Å². The largest absolute Gasteiger partial charge is 0.493 e. The van der Waals surface area contributed by atoms with Gasteiger partial charge in [0, 0.05) is 24.1 Å². The van der Waals surface area contributed by atoms with E-state index < -0.39 is 0 Å². The lowest BCUT2D eigenvalue weighted by Gasteiger charge is -2.32. The minimum atomic E-state index is 0.192. The molecule has 1 aliphatic rings. The number of nitrogens with one attached hydrogen (secondary N) is 1. The van der Waals surface area contributed by atoms with Gasteiger partial charge in [-0.25, -0.2) is 0 Å². The van der Waals surface area contributed by atoms with Gasteiger partial charge in [0.15, 0.2) is 11.5 Å². The van der Waals surface area contributed by atoms with Crippen LogP contribution in [-0.2, 0) is 0 Å². The fraction of sp³-hybridized carbons (Fsp3) is 0.429. The molecular formula is C21H27BrN2O2. The molecule has 1 fully saturated rings. The smallest absolute Gasteiger partial charge is 0.161 e. The van der Waals surface area contributed by atoms with E-state index >= 15 is 0 Å².